The quantitative estimate of drug-likeness (QED) is 0.418. The zero-order valence-corrected chi connectivity index (χ0v) is 8.03. The van der Waals surface area contributed by atoms with E-state index in [1.807, 2.05) is 0 Å². The SMILES string of the molecule is CB(O)N1C[C@@H](NCl)[C@H](C(=O)O)C1. The molecule has 0 aromatic carbocycles. The number of hydrogen-bond donors (Lipinski definition) is 3. The molecule has 0 saturated carbocycles. The maximum Gasteiger partial charge on any atom is 0.376 e. The summed E-state index contributed by atoms with van der Waals surface area (Å²) in [6.07, 6.45) is 0. The summed E-state index contributed by atoms with van der Waals surface area (Å²) < 4.78 is 0. The average molecular weight is 206 g/mol. The Labute approximate surface area is 81.9 Å². The fourth-order valence-electron chi connectivity index (χ4n) is 1.50. The third-order valence-electron chi connectivity index (χ3n) is 2.33. The van der Waals surface area contributed by atoms with Gasteiger partial charge in [0, 0.05) is 19.1 Å². The van der Waals surface area contributed by atoms with Crippen molar-refractivity contribution >= 4 is 24.8 Å². The van der Waals surface area contributed by atoms with Gasteiger partial charge in [-0.05, 0) is 18.6 Å². The molecule has 0 unspecified atom stereocenters. The maximum absolute atomic E-state index is 10.7. The largest absolute Gasteiger partial charge is 0.481 e. The lowest BCUT2D eigenvalue weighted by atomic mass is 9.86. The van der Waals surface area contributed by atoms with Gasteiger partial charge in [-0.15, -0.1) is 0 Å². The molecule has 7 heteroatoms. The Hall–Kier alpha value is -0.295. The Morgan fingerprint density at radius 3 is 2.62 bits per heavy atom. The van der Waals surface area contributed by atoms with Crippen molar-refractivity contribution in [1.82, 2.24) is 9.65 Å². The van der Waals surface area contributed by atoms with Crippen LogP contribution < -0.4 is 4.84 Å². The van der Waals surface area contributed by atoms with Gasteiger partial charge in [-0.3, -0.25) is 4.79 Å². The molecule has 1 aliphatic rings. The van der Waals surface area contributed by atoms with Crippen LogP contribution >= 0.6 is 11.8 Å². The van der Waals surface area contributed by atoms with Crippen LogP contribution in [0.2, 0.25) is 6.82 Å². The molecule has 13 heavy (non-hydrogen) atoms. The molecular formula is C6H12BClN2O3. The Bertz CT molecular complexity index is 204. The van der Waals surface area contributed by atoms with Gasteiger partial charge in [0.25, 0.3) is 0 Å². The summed E-state index contributed by atoms with van der Waals surface area (Å²) in [5.74, 6) is -1.44. The highest BCUT2D eigenvalue weighted by Crippen LogP contribution is 2.18. The van der Waals surface area contributed by atoms with Gasteiger partial charge in [0.15, 0.2) is 0 Å². The predicted molar refractivity (Wildman–Crippen MR) is 49.3 cm³/mol. The molecule has 0 aromatic heterocycles. The minimum atomic E-state index is -0.888. The topological polar surface area (TPSA) is 72.8 Å². The molecule has 0 aliphatic carbocycles. The zero-order chi connectivity index (χ0) is 10.0. The number of nitrogens with zero attached hydrogens (tertiary/aromatic N) is 1. The van der Waals surface area contributed by atoms with Crippen LogP contribution in [0.1, 0.15) is 0 Å². The van der Waals surface area contributed by atoms with Crippen LogP contribution in [-0.2, 0) is 4.79 Å². The first-order chi connectivity index (χ1) is 6.06. The number of carbonyl (C=O) groups is 1. The van der Waals surface area contributed by atoms with Gasteiger partial charge in [0.2, 0.25) is 0 Å². The van der Waals surface area contributed by atoms with E-state index in [4.69, 9.17) is 16.9 Å². The normalized spacial score (nSPS) is 29.2. The molecule has 0 radical (unpaired) electrons. The first-order valence-corrected chi connectivity index (χ1v) is 4.45. The monoisotopic (exact) mass is 206 g/mol. The lowest BCUT2D eigenvalue weighted by Gasteiger charge is -2.14. The van der Waals surface area contributed by atoms with Gasteiger partial charge in [-0.25, -0.2) is 4.84 Å². The van der Waals surface area contributed by atoms with Gasteiger partial charge in [0.05, 0.1) is 5.92 Å². The fraction of sp³-hybridized carbons (Fsp3) is 0.833. The van der Waals surface area contributed by atoms with Crippen LogP contribution in [0, 0.1) is 5.92 Å². The summed E-state index contributed by atoms with van der Waals surface area (Å²) in [4.78, 5) is 14.8. The molecule has 74 valence electrons. The summed E-state index contributed by atoms with van der Waals surface area (Å²) in [5.41, 5.74) is 0. The van der Waals surface area contributed by atoms with Gasteiger partial charge in [-0.1, -0.05) is 0 Å². The Balaban J connectivity index is 2.61. The summed E-state index contributed by atoms with van der Waals surface area (Å²) >= 11 is 5.39. The Morgan fingerprint density at radius 2 is 2.31 bits per heavy atom. The second kappa shape index (κ2) is 4.28. The van der Waals surface area contributed by atoms with Gasteiger partial charge in [-0.2, -0.15) is 0 Å². The van der Waals surface area contributed by atoms with Gasteiger partial charge < -0.3 is 14.9 Å². The van der Waals surface area contributed by atoms with Crippen molar-refractivity contribution in [2.75, 3.05) is 13.1 Å². The van der Waals surface area contributed by atoms with Crippen molar-refractivity contribution < 1.29 is 14.9 Å². The number of aliphatic carboxylic acids is 1. The molecule has 0 amide bonds. The summed E-state index contributed by atoms with van der Waals surface area (Å²) in [7, 11) is -0.628. The van der Waals surface area contributed by atoms with Crippen molar-refractivity contribution in [3.8, 4) is 0 Å². The van der Waals surface area contributed by atoms with Crippen LogP contribution in [0.5, 0.6) is 0 Å². The van der Waals surface area contributed by atoms with E-state index in [-0.39, 0.29) is 6.04 Å². The van der Waals surface area contributed by atoms with E-state index < -0.39 is 18.9 Å². The Kier molecular flexibility index (Phi) is 3.55. The fourth-order valence-corrected chi connectivity index (χ4v) is 1.72. The number of nitrogens with one attached hydrogen (secondary N) is 1. The van der Waals surface area contributed by atoms with Gasteiger partial charge in [0.1, 0.15) is 0 Å². The van der Waals surface area contributed by atoms with E-state index in [1.165, 1.54) is 0 Å². The maximum atomic E-state index is 10.7. The Morgan fingerprint density at radius 1 is 1.69 bits per heavy atom. The van der Waals surface area contributed by atoms with E-state index in [1.54, 1.807) is 11.6 Å². The van der Waals surface area contributed by atoms with E-state index in [2.05, 4.69) is 4.84 Å². The van der Waals surface area contributed by atoms with Crippen LogP contribution in [0.25, 0.3) is 0 Å². The molecule has 3 N–H and O–H groups in total. The highest BCUT2D eigenvalue weighted by molar-refractivity contribution is 6.45. The molecule has 1 rings (SSSR count). The summed E-state index contributed by atoms with van der Waals surface area (Å²) in [6, 6.07) is -0.297. The van der Waals surface area contributed by atoms with Crippen molar-refractivity contribution in [1.29, 1.82) is 0 Å². The minimum absolute atomic E-state index is 0.297. The second-order valence-electron chi connectivity index (χ2n) is 3.25. The molecule has 1 fully saturated rings. The van der Waals surface area contributed by atoms with Crippen molar-refractivity contribution in [2.45, 2.75) is 12.9 Å². The summed E-state index contributed by atoms with van der Waals surface area (Å²) in [6.45, 7) is 2.39. The molecular weight excluding hydrogens is 194 g/mol. The van der Waals surface area contributed by atoms with Crippen LogP contribution in [0.3, 0.4) is 0 Å². The summed E-state index contributed by atoms with van der Waals surface area (Å²) in [5, 5.41) is 18.0. The molecule has 0 spiro atoms. The first-order valence-electron chi connectivity index (χ1n) is 4.07. The number of rotatable bonds is 3. The number of hydrogen-bond acceptors (Lipinski definition) is 4. The smallest absolute Gasteiger partial charge is 0.376 e. The highest BCUT2D eigenvalue weighted by atomic mass is 35.5. The van der Waals surface area contributed by atoms with Crippen LogP contribution in [-0.4, -0.2) is 47.1 Å². The average Bonchev–Trinajstić information content (AvgIpc) is 2.47. The minimum Gasteiger partial charge on any atom is -0.481 e. The van der Waals surface area contributed by atoms with E-state index in [0.29, 0.717) is 13.1 Å². The standard InChI is InChI=1S/C6H12BClN2O3/c1-7(13)10-2-4(6(11)12)5(3-10)9-8/h4-5,9,13H,2-3H2,1H3,(H,11,12)/t4-,5-/m1/s1. The molecule has 1 heterocycles. The number of carboxylic acid groups (broad SMARTS) is 1. The van der Waals surface area contributed by atoms with Crippen molar-refractivity contribution in [3.05, 3.63) is 0 Å². The lowest BCUT2D eigenvalue weighted by molar-refractivity contribution is -0.141. The van der Waals surface area contributed by atoms with Crippen molar-refractivity contribution in [2.24, 2.45) is 5.92 Å². The van der Waals surface area contributed by atoms with E-state index >= 15 is 0 Å². The van der Waals surface area contributed by atoms with Crippen LogP contribution in [0.4, 0.5) is 0 Å². The molecule has 0 aromatic rings. The van der Waals surface area contributed by atoms with E-state index in [9.17, 15) is 9.82 Å². The highest BCUT2D eigenvalue weighted by Gasteiger charge is 2.39. The molecule has 0 bridgehead atoms. The van der Waals surface area contributed by atoms with Crippen molar-refractivity contribution in [3.63, 3.8) is 0 Å². The molecule has 1 aliphatic heterocycles. The van der Waals surface area contributed by atoms with E-state index in [0.717, 1.165) is 0 Å². The molecule has 2 atom stereocenters. The number of carboxylic acids is 1. The lowest BCUT2D eigenvalue weighted by Crippen LogP contribution is -2.37. The third kappa shape index (κ3) is 2.34. The third-order valence-corrected chi connectivity index (χ3v) is 2.61. The predicted octanol–water partition coefficient (Wildman–Crippen LogP) is -0.775. The molecule has 1 saturated heterocycles. The number of halogens is 1. The first kappa shape index (κ1) is 10.8. The molecule has 5 nitrogen and oxygen atoms in total. The zero-order valence-electron chi connectivity index (χ0n) is 7.27. The van der Waals surface area contributed by atoms with Crippen LogP contribution in [0.15, 0.2) is 0 Å². The second-order valence-corrected chi connectivity index (χ2v) is 3.46. The van der Waals surface area contributed by atoms with Gasteiger partial charge >= 0.3 is 13.0 Å².